The van der Waals surface area contributed by atoms with Crippen LogP contribution in [-0.4, -0.2) is 61.2 Å². The number of rotatable bonds is 5. The number of hydrogen-bond donors (Lipinski definition) is 1. The minimum Gasteiger partial charge on any atom is -0.324 e. The van der Waals surface area contributed by atoms with Crippen LogP contribution in [-0.2, 0) is 14.8 Å². The Bertz CT molecular complexity index is 1170. The van der Waals surface area contributed by atoms with Crippen LogP contribution in [0.5, 0.6) is 0 Å². The number of anilines is 1. The maximum atomic E-state index is 13.9. The number of nitrogens with one attached hydrogen (secondary N) is 1. The Kier molecular flexibility index (Phi) is 5.76. The standard InChI is InChI=1S/C21H21FN4O3S/c22-17-6-1-2-9-20(17)30(28,29)26-13-11-25(12-14-26)15-21(27)24-19-8-3-7-18-16(19)5-4-10-23-18/h1-10H,11-15H2,(H,24,27). The highest BCUT2D eigenvalue weighted by atomic mass is 32.2. The van der Waals surface area contributed by atoms with Crippen LogP contribution in [0.3, 0.4) is 0 Å². The van der Waals surface area contributed by atoms with Crippen molar-refractivity contribution in [3.8, 4) is 0 Å². The Hall–Kier alpha value is -2.88. The van der Waals surface area contributed by atoms with E-state index in [9.17, 15) is 17.6 Å². The van der Waals surface area contributed by atoms with Gasteiger partial charge in [0.2, 0.25) is 15.9 Å². The van der Waals surface area contributed by atoms with Gasteiger partial charge in [-0.05, 0) is 36.4 Å². The first-order valence-electron chi connectivity index (χ1n) is 9.56. The first-order valence-corrected chi connectivity index (χ1v) is 11.0. The van der Waals surface area contributed by atoms with Crippen molar-refractivity contribution in [1.29, 1.82) is 0 Å². The van der Waals surface area contributed by atoms with Crippen molar-refractivity contribution in [1.82, 2.24) is 14.2 Å². The fraction of sp³-hybridized carbons (Fsp3) is 0.238. The number of sulfonamides is 1. The highest BCUT2D eigenvalue weighted by Crippen LogP contribution is 2.22. The predicted octanol–water partition coefficient (Wildman–Crippen LogP) is 2.32. The summed E-state index contributed by atoms with van der Waals surface area (Å²) in [7, 11) is -3.89. The zero-order valence-corrected chi connectivity index (χ0v) is 17.0. The molecule has 1 N–H and O–H groups in total. The van der Waals surface area contributed by atoms with Gasteiger partial charge in [-0.25, -0.2) is 12.8 Å². The van der Waals surface area contributed by atoms with Gasteiger partial charge >= 0.3 is 0 Å². The molecule has 4 rings (SSSR count). The van der Waals surface area contributed by atoms with Crippen LogP contribution in [0.15, 0.2) is 65.7 Å². The topological polar surface area (TPSA) is 82.6 Å². The lowest BCUT2D eigenvalue weighted by molar-refractivity contribution is -0.117. The summed E-state index contributed by atoms with van der Waals surface area (Å²) in [6, 6.07) is 14.6. The van der Waals surface area contributed by atoms with E-state index in [1.54, 1.807) is 6.20 Å². The molecule has 7 nitrogen and oxygen atoms in total. The number of carbonyl (C=O) groups excluding carboxylic acids is 1. The molecule has 0 spiro atoms. The fourth-order valence-corrected chi connectivity index (χ4v) is 5.01. The lowest BCUT2D eigenvalue weighted by Gasteiger charge is -2.33. The number of aromatic nitrogens is 1. The molecule has 3 aromatic rings. The van der Waals surface area contributed by atoms with E-state index in [-0.39, 0.29) is 30.4 Å². The molecule has 0 unspecified atom stereocenters. The van der Waals surface area contributed by atoms with E-state index in [0.717, 1.165) is 17.0 Å². The van der Waals surface area contributed by atoms with Gasteiger partial charge < -0.3 is 5.32 Å². The minimum atomic E-state index is -3.89. The van der Waals surface area contributed by atoms with Crippen LogP contribution in [0.2, 0.25) is 0 Å². The van der Waals surface area contributed by atoms with Gasteiger partial charge in [0.15, 0.2) is 0 Å². The van der Waals surface area contributed by atoms with Gasteiger partial charge in [0.25, 0.3) is 0 Å². The number of amides is 1. The SMILES string of the molecule is O=C(CN1CCN(S(=O)(=O)c2ccccc2F)CC1)Nc1cccc2ncccc12. The molecule has 1 amide bonds. The Balaban J connectivity index is 1.37. The summed E-state index contributed by atoms with van der Waals surface area (Å²) in [5.74, 6) is -0.944. The Labute approximate surface area is 174 Å². The molecule has 2 heterocycles. The quantitative estimate of drug-likeness (QED) is 0.675. The molecule has 2 aromatic carbocycles. The van der Waals surface area contributed by atoms with Crippen LogP contribution < -0.4 is 5.32 Å². The molecule has 1 aliphatic rings. The van der Waals surface area contributed by atoms with Crippen LogP contribution in [0.25, 0.3) is 10.9 Å². The molecule has 0 saturated carbocycles. The van der Waals surface area contributed by atoms with Gasteiger partial charge in [-0.2, -0.15) is 4.31 Å². The third kappa shape index (κ3) is 4.18. The molecular formula is C21H21FN4O3S. The van der Waals surface area contributed by atoms with Crippen LogP contribution in [0.4, 0.5) is 10.1 Å². The molecule has 0 aliphatic carbocycles. The van der Waals surface area contributed by atoms with E-state index in [0.29, 0.717) is 18.8 Å². The number of halogens is 1. The van der Waals surface area contributed by atoms with Crippen molar-refractivity contribution >= 4 is 32.5 Å². The van der Waals surface area contributed by atoms with E-state index in [2.05, 4.69) is 10.3 Å². The van der Waals surface area contributed by atoms with E-state index in [4.69, 9.17) is 0 Å². The summed E-state index contributed by atoms with van der Waals surface area (Å²) in [5.41, 5.74) is 1.48. The van der Waals surface area contributed by atoms with Crippen molar-refractivity contribution in [2.75, 3.05) is 38.0 Å². The maximum Gasteiger partial charge on any atom is 0.246 e. The second-order valence-corrected chi connectivity index (χ2v) is 8.94. The second kappa shape index (κ2) is 8.47. The van der Waals surface area contributed by atoms with E-state index >= 15 is 0 Å². The number of benzene rings is 2. The molecule has 156 valence electrons. The van der Waals surface area contributed by atoms with E-state index < -0.39 is 15.8 Å². The highest BCUT2D eigenvalue weighted by molar-refractivity contribution is 7.89. The predicted molar refractivity (Wildman–Crippen MR) is 112 cm³/mol. The van der Waals surface area contributed by atoms with Crippen molar-refractivity contribution < 1.29 is 17.6 Å². The number of piperazine rings is 1. The molecule has 1 aliphatic heterocycles. The third-order valence-corrected chi connectivity index (χ3v) is 7.00. The summed E-state index contributed by atoms with van der Waals surface area (Å²) >= 11 is 0. The molecule has 1 saturated heterocycles. The molecule has 1 fully saturated rings. The van der Waals surface area contributed by atoms with Gasteiger partial charge in [-0.15, -0.1) is 0 Å². The summed E-state index contributed by atoms with van der Waals surface area (Å²) < 4.78 is 40.6. The lowest BCUT2D eigenvalue weighted by Crippen LogP contribution is -2.50. The van der Waals surface area contributed by atoms with Crippen molar-refractivity contribution in [2.45, 2.75) is 4.90 Å². The number of carbonyl (C=O) groups is 1. The summed E-state index contributed by atoms with van der Waals surface area (Å²) in [6.45, 7) is 1.31. The Morgan fingerprint density at radius 3 is 2.53 bits per heavy atom. The summed E-state index contributed by atoms with van der Waals surface area (Å²) in [6.07, 6.45) is 1.70. The molecule has 1 aromatic heterocycles. The van der Waals surface area contributed by atoms with Crippen LogP contribution >= 0.6 is 0 Å². The van der Waals surface area contributed by atoms with Gasteiger partial charge in [-0.1, -0.05) is 18.2 Å². The second-order valence-electron chi connectivity index (χ2n) is 7.03. The monoisotopic (exact) mass is 428 g/mol. The van der Waals surface area contributed by atoms with Crippen LogP contribution in [0, 0.1) is 5.82 Å². The number of pyridine rings is 1. The first-order chi connectivity index (χ1) is 14.4. The highest BCUT2D eigenvalue weighted by Gasteiger charge is 2.30. The van der Waals surface area contributed by atoms with E-state index in [1.807, 2.05) is 35.2 Å². The lowest BCUT2D eigenvalue weighted by atomic mass is 10.2. The average Bonchev–Trinajstić information content (AvgIpc) is 2.74. The minimum absolute atomic E-state index is 0.143. The Morgan fingerprint density at radius 2 is 1.77 bits per heavy atom. The van der Waals surface area contributed by atoms with Gasteiger partial charge in [-0.3, -0.25) is 14.7 Å². The Morgan fingerprint density at radius 1 is 1.00 bits per heavy atom. The fourth-order valence-electron chi connectivity index (χ4n) is 3.53. The van der Waals surface area contributed by atoms with Crippen molar-refractivity contribution in [2.24, 2.45) is 0 Å². The first kappa shape index (κ1) is 20.4. The van der Waals surface area contributed by atoms with Crippen molar-refractivity contribution in [3.63, 3.8) is 0 Å². The van der Waals surface area contributed by atoms with Crippen molar-refractivity contribution in [3.05, 3.63) is 66.6 Å². The zero-order chi connectivity index (χ0) is 21.1. The molecule has 9 heteroatoms. The van der Waals surface area contributed by atoms with E-state index in [1.165, 1.54) is 22.5 Å². The smallest absolute Gasteiger partial charge is 0.246 e. The normalized spacial score (nSPS) is 15.9. The number of fused-ring (bicyclic) bond motifs is 1. The maximum absolute atomic E-state index is 13.9. The molecule has 0 atom stereocenters. The van der Waals surface area contributed by atoms with Gasteiger partial charge in [0.05, 0.1) is 17.7 Å². The largest absolute Gasteiger partial charge is 0.324 e. The number of hydrogen-bond acceptors (Lipinski definition) is 5. The third-order valence-electron chi connectivity index (χ3n) is 5.07. The average molecular weight is 428 g/mol. The summed E-state index contributed by atoms with van der Waals surface area (Å²) in [5, 5.41) is 3.76. The van der Waals surface area contributed by atoms with Gasteiger partial charge in [0, 0.05) is 37.8 Å². The van der Waals surface area contributed by atoms with Crippen LogP contribution in [0.1, 0.15) is 0 Å². The zero-order valence-electron chi connectivity index (χ0n) is 16.2. The summed E-state index contributed by atoms with van der Waals surface area (Å²) in [4.78, 5) is 18.4. The molecule has 0 bridgehead atoms. The molecular weight excluding hydrogens is 407 g/mol. The molecule has 30 heavy (non-hydrogen) atoms. The van der Waals surface area contributed by atoms with Gasteiger partial charge in [0.1, 0.15) is 10.7 Å². The number of nitrogens with zero attached hydrogens (tertiary/aromatic N) is 3. The molecule has 0 radical (unpaired) electrons.